The Morgan fingerprint density at radius 2 is 2.07 bits per heavy atom. The van der Waals surface area contributed by atoms with Gasteiger partial charge in [-0.2, -0.15) is 5.26 Å². The molecule has 3 aromatic rings. The minimum Gasteiger partial charge on any atom is -0.448 e. The molecule has 0 radical (unpaired) electrons. The molecular weight excluding hydrogens is 344 g/mol. The van der Waals surface area contributed by atoms with Crippen LogP contribution in [0.1, 0.15) is 32.1 Å². The van der Waals surface area contributed by atoms with Crippen LogP contribution in [-0.4, -0.2) is 32.9 Å². The third kappa shape index (κ3) is 2.78. The largest absolute Gasteiger partial charge is 0.448 e. The number of benzene rings is 1. The van der Waals surface area contributed by atoms with Crippen LogP contribution in [0.3, 0.4) is 0 Å². The van der Waals surface area contributed by atoms with Gasteiger partial charge in [-0.25, -0.2) is 4.98 Å². The standard InChI is InChI=1S/C20H20N4O3/c1-23(20(12-21)9-5-2-6-10-20)16(25)11-24-13-22-17-14-7-3-4-8-15(14)27-18(17)19(24)26/h3-4,7-8,13H,2,5-6,9-11H2,1H3. The van der Waals surface area contributed by atoms with Crippen LogP contribution >= 0.6 is 0 Å². The van der Waals surface area contributed by atoms with Crippen LogP contribution in [-0.2, 0) is 11.3 Å². The van der Waals surface area contributed by atoms with Gasteiger partial charge in [0.05, 0.1) is 12.4 Å². The molecule has 2 aromatic heterocycles. The molecule has 1 aliphatic carbocycles. The van der Waals surface area contributed by atoms with E-state index in [1.165, 1.54) is 15.8 Å². The number of hydrogen-bond acceptors (Lipinski definition) is 5. The maximum absolute atomic E-state index is 12.8. The van der Waals surface area contributed by atoms with Gasteiger partial charge < -0.3 is 9.32 Å². The maximum atomic E-state index is 12.8. The van der Waals surface area contributed by atoms with Gasteiger partial charge >= 0.3 is 0 Å². The van der Waals surface area contributed by atoms with Gasteiger partial charge in [0.1, 0.15) is 23.2 Å². The summed E-state index contributed by atoms with van der Waals surface area (Å²) in [5, 5.41) is 10.4. The quantitative estimate of drug-likeness (QED) is 0.712. The van der Waals surface area contributed by atoms with E-state index in [1.54, 1.807) is 13.1 Å². The fraction of sp³-hybridized carbons (Fsp3) is 0.400. The van der Waals surface area contributed by atoms with E-state index in [4.69, 9.17) is 4.42 Å². The number of furan rings is 1. The topological polar surface area (TPSA) is 92.1 Å². The highest BCUT2D eigenvalue weighted by Gasteiger charge is 2.38. The van der Waals surface area contributed by atoms with Gasteiger partial charge in [-0.1, -0.05) is 31.4 Å². The molecule has 1 aromatic carbocycles. The van der Waals surface area contributed by atoms with Crippen LogP contribution in [0.5, 0.6) is 0 Å². The van der Waals surface area contributed by atoms with E-state index in [1.807, 2.05) is 18.2 Å². The fourth-order valence-electron chi connectivity index (χ4n) is 3.88. The van der Waals surface area contributed by atoms with Crippen molar-refractivity contribution in [3.63, 3.8) is 0 Å². The SMILES string of the molecule is CN(C(=O)Cn1cnc2c(oc3ccccc32)c1=O)C1(C#N)CCCCC1. The Labute approximate surface area is 155 Å². The maximum Gasteiger partial charge on any atom is 0.297 e. The van der Waals surface area contributed by atoms with Gasteiger partial charge in [-0.3, -0.25) is 14.2 Å². The zero-order chi connectivity index (χ0) is 19.0. The molecule has 0 saturated heterocycles. The first kappa shape index (κ1) is 17.3. The van der Waals surface area contributed by atoms with Crippen LogP contribution in [0, 0.1) is 11.3 Å². The number of carbonyl (C=O) groups is 1. The summed E-state index contributed by atoms with van der Waals surface area (Å²) in [7, 11) is 1.65. The first-order valence-corrected chi connectivity index (χ1v) is 9.10. The molecule has 2 heterocycles. The van der Waals surface area contributed by atoms with E-state index < -0.39 is 11.1 Å². The van der Waals surface area contributed by atoms with Crippen LogP contribution in [0.4, 0.5) is 0 Å². The van der Waals surface area contributed by atoms with Gasteiger partial charge in [0.2, 0.25) is 11.5 Å². The molecule has 0 spiro atoms. The second kappa shape index (κ2) is 6.54. The lowest BCUT2D eigenvalue weighted by Crippen LogP contribution is -2.51. The molecule has 1 aliphatic rings. The van der Waals surface area contributed by atoms with Crippen molar-refractivity contribution in [2.45, 2.75) is 44.2 Å². The molecule has 1 saturated carbocycles. The van der Waals surface area contributed by atoms with E-state index in [9.17, 15) is 14.9 Å². The summed E-state index contributed by atoms with van der Waals surface area (Å²) >= 11 is 0. The molecule has 1 fully saturated rings. The average molecular weight is 364 g/mol. The van der Waals surface area contributed by atoms with E-state index in [0.717, 1.165) is 24.6 Å². The number of para-hydroxylation sites is 1. The summed E-state index contributed by atoms with van der Waals surface area (Å²) in [5.74, 6) is -0.280. The highest BCUT2D eigenvalue weighted by Crippen LogP contribution is 2.32. The van der Waals surface area contributed by atoms with Crippen molar-refractivity contribution >= 4 is 28.0 Å². The first-order chi connectivity index (χ1) is 13.1. The number of nitriles is 1. The third-order valence-corrected chi connectivity index (χ3v) is 5.56. The monoisotopic (exact) mass is 364 g/mol. The predicted octanol–water partition coefficient (Wildman–Crippen LogP) is 2.83. The number of hydrogen-bond donors (Lipinski definition) is 0. The van der Waals surface area contributed by atoms with Crippen molar-refractivity contribution in [1.82, 2.24) is 14.5 Å². The van der Waals surface area contributed by atoms with Gasteiger partial charge in [-0.15, -0.1) is 0 Å². The number of aromatic nitrogens is 2. The average Bonchev–Trinajstić information content (AvgIpc) is 3.09. The minimum absolute atomic E-state index is 0.141. The Morgan fingerprint density at radius 1 is 1.33 bits per heavy atom. The van der Waals surface area contributed by atoms with Crippen LogP contribution in [0.15, 0.2) is 39.8 Å². The third-order valence-electron chi connectivity index (χ3n) is 5.56. The van der Waals surface area contributed by atoms with E-state index >= 15 is 0 Å². The number of likely N-dealkylation sites (N-methyl/N-ethyl adjacent to an activating group) is 1. The minimum atomic E-state index is -0.782. The molecule has 1 amide bonds. The zero-order valence-corrected chi connectivity index (χ0v) is 15.1. The lowest BCUT2D eigenvalue weighted by atomic mass is 9.81. The Balaban J connectivity index is 1.66. The van der Waals surface area contributed by atoms with E-state index in [0.29, 0.717) is 23.9 Å². The van der Waals surface area contributed by atoms with E-state index in [2.05, 4.69) is 11.1 Å². The predicted molar refractivity (Wildman–Crippen MR) is 100.0 cm³/mol. The summed E-state index contributed by atoms with van der Waals surface area (Å²) in [5.41, 5.74) is 0.0438. The van der Waals surface area contributed by atoms with Crippen LogP contribution < -0.4 is 5.56 Å². The lowest BCUT2D eigenvalue weighted by Gasteiger charge is -2.39. The number of carbonyl (C=O) groups excluding carboxylic acids is 1. The molecule has 0 unspecified atom stereocenters. The van der Waals surface area contributed by atoms with Crippen molar-refractivity contribution in [1.29, 1.82) is 5.26 Å². The Hall–Kier alpha value is -3.14. The fourth-order valence-corrected chi connectivity index (χ4v) is 3.88. The zero-order valence-electron chi connectivity index (χ0n) is 15.1. The van der Waals surface area contributed by atoms with Crippen molar-refractivity contribution in [2.24, 2.45) is 0 Å². The molecule has 0 aliphatic heterocycles. The summed E-state index contributed by atoms with van der Waals surface area (Å²) in [4.78, 5) is 31.4. The summed E-state index contributed by atoms with van der Waals surface area (Å²) in [6.07, 6.45) is 5.65. The smallest absolute Gasteiger partial charge is 0.297 e. The van der Waals surface area contributed by atoms with Crippen molar-refractivity contribution in [2.75, 3.05) is 7.05 Å². The second-order valence-electron chi connectivity index (χ2n) is 7.11. The number of rotatable bonds is 3. The molecule has 0 bridgehead atoms. The molecule has 0 N–H and O–H groups in total. The molecule has 27 heavy (non-hydrogen) atoms. The molecule has 7 nitrogen and oxygen atoms in total. The number of nitrogens with zero attached hydrogens (tertiary/aromatic N) is 4. The normalized spacial score (nSPS) is 16.3. The summed E-state index contributed by atoms with van der Waals surface area (Å²) in [6.45, 7) is -0.168. The van der Waals surface area contributed by atoms with E-state index in [-0.39, 0.29) is 18.0 Å². The van der Waals surface area contributed by atoms with Gasteiger partial charge in [0, 0.05) is 12.4 Å². The molecule has 0 atom stereocenters. The second-order valence-corrected chi connectivity index (χ2v) is 7.11. The first-order valence-electron chi connectivity index (χ1n) is 9.10. The van der Waals surface area contributed by atoms with Crippen LogP contribution in [0.25, 0.3) is 22.1 Å². The molecule has 4 rings (SSSR count). The highest BCUT2D eigenvalue weighted by atomic mass is 16.3. The number of fused-ring (bicyclic) bond motifs is 3. The number of amides is 1. The van der Waals surface area contributed by atoms with Gasteiger partial charge in [0.25, 0.3) is 5.56 Å². The molecular formula is C20H20N4O3. The Morgan fingerprint density at radius 3 is 2.81 bits per heavy atom. The van der Waals surface area contributed by atoms with Crippen LogP contribution in [0.2, 0.25) is 0 Å². The molecule has 7 heteroatoms. The van der Waals surface area contributed by atoms with Crippen molar-refractivity contribution < 1.29 is 9.21 Å². The Bertz CT molecular complexity index is 1120. The Kier molecular flexibility index (Phi) is 4.19. The van der Waals surface area contributed by atoms with Crippen molar-refractivity contribution in [3.8, 4) is 6.07 Å². The summed E-state index contributed by atoms with van der Waals surface area (Å²) < 4.78 is 6.90. The van der Waals surface area contributed by atoms with Gasteiger partial charge in [-0.05, 0) is 25.0 Å². The molecule has 138 valence electrons. The van der Waals surface area contributed by atoms with Gasteiger partial charge in [0.15, 0.2) is 0 Å². The van der Waals surface area contributed by atoms with Crippen molar-refractivity contribution in [3.05, 3.63) is 40.9 Å². The highest BCUT2D eigenvalue weighted by molar-refractivity contribution is 6.01. The summed E-state index contributed by atoms with van der Waals surface area (Å²) in [6, 6.07) is 9.63. The lowest BCUT2D eigenvalue weighted by molar-refractivity contribution is -0.135.